The maximum absolute atomic E-state index is 6.42. The van der Waals surface area contributed by atoms with E-state index in [0.717, 1.165) is 28.8 Å². The Balaban J connectivity index is 2.07. The Bertz CT molecular complexity index is 746. The van der Waals surface area contributed by atoms with Crippen molar-refractivity contribution >= 4 is 11.0 Å². The highest BCUT2D eigenvalue weighted by Crippen LogP contribution is 2.29. The Kier molecular flexibility index (Phi) is 3.53. The fourth-order valence-electron chi connectivity index (χ4n) is 2.43. The number of aromatic nitrogens is 4. The average molecular weight is 283 g/mol. The van der Waals surface area contributed by atoms with E-state index in [9.17, 15) is 0 Å². The summed E-state index contributed by atoms with van der Waals surface area (Å²) in [6.07, 6.45) is 5.05. The van der Waals surface area contributed by atoms with Crippen LogP contribution >= 0.6 is 0 Å². The second kappa shape index (κ2) is 5.49. The fraction of sp³-hybridized carbons (Fsp3) is 0.267. The molecule has 0 aliphatic carbocycles. The molecule has 1 atom stereocenters. The standard InChI is InChI=1S/C15H17N5O/c1-3-20-15(13(21-2)9-19-20)14(16)10-4-5-11-12(8-10)18-7-6-17-11/h4-9,14H,3,16H2,1-2H3. The molecule has 0 bridgehead atoms. The number of aryl methyl sites for hydroxylation is 1. The van der Waals surface area contributed by atoms with Crippen LogP contribution in [-0.4, -0.2) is 26.9 Å². The summed E-state index contributed by atoms with van der Waals surface area (Å²) in [5.41, 5.74) is 9.91. The third kappa shape index (κ3) is 2.34. The Morgan fingerprint density at radius 2 is 2.00 bits per heavy atom. The molecule has 0 spiro atoms. The number of benzene rings is 1. The Morgan fingerprint density at radius 3 is 2.71 bits per heavy atom. The first-order valence-corrected chi connectivity index (χ1v) is 6.80. The van der Waals surface area contributed by atoms with Crippen molar-refractivity contribution in [3.05, 3.63) is 48.0 Å². The van der Waals surface area contributed by atoms with Crippen LogP contribution in [0.15, 0.2) is 36.8 Å². The van der Waals surface area contributed by atoms with E-state index in [2.05, 4.69) is 15.1 Å². The van der Waals surface area contributed by atoms with E-state index >= 15 is 0 Å². The molecule has 2 N–H and O–H groups in total. The number of fused-ring (bicyclic) bond motifs is 1. The highest BCUT2D eigenvalue weighted by Gasteiger charge is 2.20. The van der Waals surface area contributed by atoms with Crippen molar-refractivity contribution in [2.45, 2.75) is 19.5 Å². The number of hydrogen-bond acceptors (Lipinski definition) is 5. The number of hydrogen-bond donors (Lipinski definition) is 1. The van der Waals surface area contributed by atoms with Gasteiger partial charge in [0.25, 0.3) is 0 Å². The predicted molar refractivity (Wildman–Crippen MR) is 80.0 cm³/mol. The average Bonchev–Trinajstić information content (AvgIpc) is 2.96. The first-order valence-electron chi connectivity index (χ1n) is 6.80. The molecular formula is C15H17N5O. The van der Waals surface area contributed by atoms with Gasteiger partial charge in [-0.2, -0.15) is 5.10 Å². The maximum Gasteiger partial charge on any atom is 0.161 e. The second-order valence-corrected chi connectivity index (χ2v) is 4.70. The largest absolute Gasteiger partial charge is 0.493 e. The first-order chi connectivity index (χ1) is 10.2. The van der Waals surface area contributed by atoms with Gasteiger partial charge in [0.2, 0.25) is 0 Å². The zero-order chi connectivity index (χ0) is 14.8. The van der Waals surface area contributed by atoms with E-state index in [1.165, 1.54) is 0 Å². The molecule has 0 saturated carbocycles. The fourth-order valence-corrected chi connectivity index (χ4v) is 2.43. The molecule has 0 fully saturated rings. The van der Waals surface area contributed by atoms with E-state index in [1.54, 1.807) is 25.7 Å². The summed E-state index contributed by atoms with van der Waals surface area (Å²) in [5, 5.41) is 4.30. The molecule has 0 aliphatic rings. The minimum atomic E-state index is -0.325. The quantitative estimate of drug-likeness (QED) is 0.791. The maximum atomic E-state index is 6.42. The molecule has 0 saturated heterocycles. The van der Waals surface area contributed by atoms with E-state index in [1.807, 2.05) is 29.8 Å². The van der Waals surface area contributed by atoms with Gasteiger partial charge in [-0.1, -0.05) is 6.07 Å². The van der Waals surface area contributed by atoms with Crippen molar-refractivity contribution in [2.24, 2.45) is 5.73 Å². The predicted octanol–water partition coefficient (Wildman–Crippen LogP) is 1.90. The number of nitrogens with two attached hydrogens (primary N) is 1. The third-order valence-corrected chi connectivity index (χ3v) is 3.51. The van der Waals surface area contributed by atoms with Gasteiger partial charge < -0.3 is 10.5 Å². The van der Waals surface area contributed by atoms with Crippen molar-refractivity contribution in [3.63, 3.8) is 0 Å². The molecule has 3 aromatic rings. The number of nitrogens with zero attached hydrogens (tertiary/aromatic N) is 4. The van der Waals surface area contributed by atoms with Crippen LogP contribution in [0.1, 0.15) is 24.2 Å². The van der Waals surface area contributed by atoms with Crippen molar-refractivity contribution < 1.29 is 4.74 Å². The van der Waals surface area contributed by atoms with Crippen LogP contribution in [0.4, 0.5) is 0 Å². The minimum absolute atomic E-state index is 0.325. The Morgan fingerprint density at radius 1 is 1.24 bits per heavy atom. The molecule has 0 aliphatic heterocycles. The van der Waals surface area contributed by atoms with Crippen molar-refractivity contribution in [1.29, 1.82) is 0 Å². The molecule has 0 radical (unpaired) electrons. The number of ether oxygens (including phenoxy) is 1. The summed E-state index contributed by atoms with van der Waals surface area (Å²) in [6, 6.07) is 5.53. The molecule has 1 aromatic carbocycles. The van der Waals surface area contributed by atoms with Gasteiger partial charge in [-0.25, -0.2) is 0 Å². The normalized spacial score (nSPS) is 12.5. The van der Waals surface area contributed by atoms with Gasteiger partial charge in [-0.15, -0.1) is 0 Å². The molecule has 3 rings (SSSR count). The lowest BCUT2D eigenvalue weighted by molar-refractivity contribution is 0.404. The van der Waals surface area contributed by atoms with Gasteiger partial charge in [0.1, 0.15) is 5.69 Å². The second-order valence-electron chi connectivity index (χ2n) is 4.70. The van der Waals surface area contributed by atoms with E-state index in [4.69, 9.17) is 10.5 Å². The molecule has 2 aromatic heterocycles. The molecule has 108 valence electrons. The van der Waals surface area contributed by atoms with Crippen LogP contribution in [-0.2, 0) is 6.54 Å². The van der Waals surface area contributed by atoms with Gasteiger partial charge in [0.15, 0.2) is 5.75 Å². The highest BCUT2D eigenvalue weighted by molar-refractivity contribution is 5.74. The van der Waals surface area contributed by atoms with Crippen LogP contribution < -0.4 is 10.5 Å². The SMILES string of the molecule is CCn1ncc(OC)c1C(N)c1ccc2nccnc2c1. The summed E-state index contributed by atoms with van der Waals surface area (Å²) in [5.74, 6) is 0.698. The van der Waals surface area contributed by atoms with Gasteiger partial charge in [0, 0.05) is 18.9 Å². The zero-order valence-electron chi connectivity index (χ0n) is 12.0. The Hall–Kier alpha value is -2.47. The van der Waals surface area contributed by atoms with Crippen LogP contribution in [0.25, 0.3) is 11.0 Å². The first kappa shape index (κ1) is 13.5. The minimum Gasteiger partial charge on any atom is -0.493 e. The summed E-state index contributed by atoms with van der Waals surface area (Å²) in [6.45, 7) is 2.76. The van der Waals surface area contributed by atoms with E-state index < -0.39 is 0 Å². The monoisotopic (exact) mass is 283 g/mol. The number of rotatable bonds is 4. The van der Waals surface area contributed by atoms with Gasteiger partial charge in [-0.3, -0.25) is 14.6 Å². The van der Waals surface area contributed by atoms with Crippen LogP contribution in [0.5, 0.6) is 5.75 Å². The van der Waals surface area contributed by atoms with Crippen molar-refractivity contribution in [1.82, 2.24) is 19.7 Å². The highest BCUT2D eigenvalue weighted by atomic mass is 16.5. The van der Waals surface area contributed by atoms with Crippen LogP contribution in [0.2, 0.25) is 0 Å². The summed E-state index contributed by atoms with van der Waals surface area (Å²) >= 11 is 0. The van der Waals surface area contributed by atoms with Gasteiger partial charge >= 0.3 is 0 Å². The molecule has 21 heavy (non-hydrogen) atoms. The smallest absolute Gasteiger partial charge is 0.161 e. The van der Waals surface area contributed by atoms with E-state index in [-0.39, 0.29) is 6.04 Å². The summed E-state index contributed by atoms with van der Waals surface area (Å²) in [7, 11) is 1.62. The van der Waals surface area contributed by atoms with Gasteiger partial charge in [-0.05, 0) is 24.6 Å². The molecule has 6 nitrogen and oxygen atoms in total. The van der Waals surface area contributed by atoms with Gasteiger partial charge in [0.05, 0.1) is 30.4 Å². The number of methoxy groups -OCH3 is 1. The molecule has 0 amide bonds. The van der Waals surface area contributed by atoms with Crippen LogP contribution in [0, 0.1) is 0 Å². The van der Waals surface area contributed by atoms with E-state index in [0.29, 0.717) is 5.75 Å². The zero-order valence-corrected chi connectivity index (χ0v) is 12.0. The summed E-state index contributed by atoms with van der Waals surface area (Å²) < 4.78 is 7.22. The topological polar surface area (TPSA) is 78.9 Å². The lowest BCUT2D eigenvalue weighted by atomic mass is 10.0. The van der Waals surface area contributed by atoms with Crippen LogP contribution in [0.3, 0.4) is 0 Å². The third-order valence-electron chi connectivity index (χ3n) is 3.51. The molecular weight excluding hydrogens is 266 g/mol. The lowest BCUT2D eigenvalue weighted by Gasteiger charge is -2.15. The Labute approximate surface area is 122 Å². The molecule has 2 heterocycles. The molecule has 1 unspecified atom stereocenters. The van der Waals surface area contributed by atoms with Crippen molar-refractivity contribution in [2.75, 3.05) is 7.11 Å². The van der Waals surface area contributed by atoms with Crippen molar-refractivity contribution in [3.8, 4) is 5.75 Å². The summed E-state index contributed by atoms with van der Waals surface area (Å²) in [4.78, 5) is 8.59. The molecule has 6 heteroatoms. The lowest BCUT2D eigenvalue weighted by Crippen LogP contribution is -2.18.